The van der Waals surface area contributed by atoms with Crippen molar-refractivity contribution in [3.05, 3.63) is 28.8 Å². The molecule has 0 aromatic heterocycles. The van der Waals surface area contributed by atoms with Gasteiger partial charge < -0.3 is 23.8 Å². The molecule has 4 rings (SSSR count). The Morgan fingerprint density at radius 2 is 1.68 bits per heavy atom. The Kier molecular flexibility index (Phi) is 5.42. The number of rotatable bonds is 4. The summed E-state index contributed by atoms with van der Waals surface area (Å²) in [6, 6.07) is 3.27. The van der Waals surface area contributed by atoms with Crippen LogP contribution in [-0.4, -0.2) is 0 Å². The van der Waals surface area contributed by atoms with E-state index in [1.807, 2.05) is 6.92 Å². The zero-order valence-electron chi connectivity index (χ0n) is 18.8. The molecule has 0 spiro atoms. The summed E-state index contributed by atoms with van der Waals surface area (Å²) < 4.78 is 31.1. The predicted molar refractivity (Wildman–Crippen MR) is 111 cm³/mol. The van der Waals surface area contributed by atoms with E-state index in [-0.39, 0.29) is 16.6 Å². The second kappa shape index (κ2) is 7.16. The molecule has 9 heteroatoms. The standard InChI is InChI=1S/C22H34O7P2/c1-14-11-16(28-31(26,27)29-30(23,24)25)12-15-13-18-21(4)9-6-8-20(2,3)17(21)7-10-22(18,5)19(14)15/h11-12,17-18H,6-10,13H2,1-5H3,(H,26,27)(H2,23,24,25)/p-3/t17-,18+,21-,22+/m0/s1. The zero-order valence-corrected chi connectivity index (χ0v) is 20.6. The average Bonchev–Trinajstić information content (AvgIpc) is 2.85. The van der Waals surface area contributed by atoms with Crippen LogP contribution in [0.2, 0.25) is 0 Å². The molecule has 0 bridgehead atoms. The molecule has 1 aromatic carbocycles. The number of hydrogen-bond donors (Lipinski definition) is 0. The van der Waals surface area contributed by atoms with Crippen molar-refractivity contribution in [2.75, 3.05) is 0 Å². The van der Waals surface area contributed by atoms with Gasteiger partial charge in [-0.3, -0.25) is 8.88 Å². The van der Waals surface area contributed by atoms with E-state index >= 15 is 0 Å². The first kappa shape index (κ1) is 23.5. The van der Waals surface area contributed by atoms with Crippen molar-refractivity contribution in [2.45, 2.75) is 78.6 Å². The summed E-state index contributed by atoms with van der Waals surface area (Å²) in [7, 11) is -11.0. The molecule has 31 heavy (non-hydrogen) atoms. The summed E-state index contributed by atoms with van der Waals surface area (Å²) in [6.07, 6.45) is 6.77. The van der Waals surface area contributed by atoms with Crippen LogP contribution in [0.5, 0.6) is 5.75 Å². The zero-order chi connectivity index (χ0) is 23.0. The highest BCUT2D eigenvalue weighted by Crippen LogP contribution is 2.68. The number of phosphoric acid groups is 2. The van der Waals surface area contributed by atoms with Crippen molar-refractivity contribution in [1.29, 1.82) is 0 Å². The lowest BCUT2D eigenvalue weighted by Gasteiger charge is -2.61. The van der Waals surface area contributed by atoms with Gasteiger partial charge in [0.2, 0.25) is 0 Å². The maximum atomic E-state index is 11.9. The van der Waals surface area contributed by atoms with Crippen molar-refractivity contribution in [1.82, 2.24) is 0 Å². The smallest absolute Gasteiger partial charge is 0.323 e. The van der Waals surface area contributed by atoms with Gasteiger partial charge in [-0.05, 0) is 95.9 Å². The van der Waals surface area contributed by atoms with Gasteiger partial charge in [0, 0.05) is 0 Å². The number of fused-ring (bicyclic) bond motifs is 5. The molecule has 3 aliphatic rings. The van der Waals surface area contributed by atoms with Gasteiger partial charge in [-0.1, -0.05) is 34.1 Å². The maximum Gasteiger partial charge on any atom is 0.323 e. The fraction of sp³-hybridized carbons (Fsp3) is 0.727. The fourth-order valence-corrected chi connectivity index (χ4v) is 9.23. The number of phosphoric ester groups is 1. The topological polar surface area (TPSA) is 122 Å². The van der Waals surface area contributed by atoms with Crippen molar-refractivity contribution in [3.8, 4) is 5.75 Å². The molecule has 0 N–H and O–H groups in total. The molecular weight excluding hydrogens is 438 g/mol. The highest BCUT2D eigenvalue weighted by molar-refractivity contribution is 7.58. The third kappa shape index (κ3) is 3.96. The van der Waals surface area contributed by atoms with Gasteiger partial charge in [-0.15, -0.1) is 0 Å². The second-order valence-corrected chi connectivity index (χ2v) is 13.6. The highest BCUT2D eigenvalue weighted by Gasteiger charge is 2.61. The van der Waals surface area contributed by atoms with Crippen LogP contribution in [0, 0.1) is 29.6 Å². The Hall–Kier alpha value is -0.680. The summed E-state index contributed by atoms with van der Waals surface area (Å²) in [5.41, 5.74) is 3.74. The van der Waals surface area contributed by atoms with Gasteiger partial charge in [0.15, 0.2) is 0 Å². The molecule has 1 aromatic rings. The minimum Gasteiger partial charge on any atom is -0.789 e. The Balaban J connectivity index is 1.70. The van der Waals surface area contributed by atoms with Gasteiger partial charge in [0.25, 0.3) is 0 Å². The SMILES string of the molecule is Cc1cc(OP(=O)([O-])OP(=O)([O-])[O-])cc2c1[C@]1(C)CC[C@H]3C(C)(C)CCC[C@]3(C)[C@H]1C2. The fourth-order valence-electron chi connectivity index (χ4n) is 7.75. The molecular formula is C22H31O7P2-3. The van der Waals surface area contributed by atoms with Gasteiger partial charge in [0.05, 0.1) is 7.82 Å². The van der Waals surface area contributed by atoms with Crippen LogP contribution >= 0.6 is 15.6 Å². The van der Waals surface area contributed by atoms with Crippen LogP contribution in [0.3, 0.4) is 0 Å². The molecule has 0 saturated heterocycles. The van der Waals surface area contributed by atoms with Gasteiger partial charge >= 0.3 is 7.82 Å². The van der Waals surface area contributed by atoms with Crippen LogP contribution in [0.1, 0.15) is 76.5 Å². The number of hydrogen-bond acceptors (Lipinski definition) is 7. The number of aryl methyl sites for hydroxylation is 1. The van der Waals surface area contributed by atoms with Crippen molar-refractivity contribution < 1.29 is 32.6 Å². The van der Waals surface area contributed by atoms with E-state index in [0.29, 0.717) is 17.3 Å². The lowest BCUT2D eigenvalue weighted by atomic mass is 9.43. The quantitative estimate of drug-likeness (QED) is 0.616. The van der Waals surface area contributed by atoms with Crippen molar-refractivity contribution in [3.63, 3.8) is 0 Å². The first-order valence-electron chi connectivity index (χ1n) is 11.0. The van der Waals surface area contributed by atoms with Crippen LogP contribution in [-0.2, 0) is 25.3 Å². The summed E-state index contributed by atoms with van der Waals surface area (Å²) in [5.74, 6) is 1.08. The largest absolute Gasteiger partial charge is 0.789 e. The molecule has 174 valence electrons. The van der Waals surface area contributed by atoms with E-state index in [4.69, 9.17) is 4.52 Å². The Bertz CT molecular complexity index is 1000. The summed E-state index contributed by atoms with van der Waals surface area (Å²) >= 11 is 0. The van der Waals surface area contributed by atoms with Gasteiger partial charge in [-0.2, -0.15) is 0 Å². The van der Waals surface area contributed by atoms with E-state index in [2.05, 4.69) is 32.0 Å². The van der Waals surface area contributed by atoms with E-state index in [0.717, 1.165) is 24.0 Å². The third-order valence-electron chi connectivity index (χ3n) is 8.60. The normalized spacial score (nSPS) is 36.1. The second-order valence-electron chi connectivity index (χ2n) is 11.0. The molecule has 0 amide bonds. The maximum absolute atomic E-state index is 11.9. The van der Waals surface area contributed by atoms with Crippen molar-refractivity contribution >= 4 is 15.6 Å². The van der Waals surface area contributed by atoms with E-state index in [1.165, 1.54) is 31.2 Å². The minimum absolute atomic E-state index is 0.00795. The van der Waals surface area contributed by atoms with Gasteiger partial charge in [-0.25, -0.2) is 0 Å². The molecule has 0 heterocycles. The Labute approximate surface area is 184 Å². The van der Waals surface area contributed by atoms with Crippen LogP contribution in [0.4, 0.5) is 0 Å². The first-order chi connectivity index (χ1) is 14.1. The van der Waals surface area contributed by atoms with E-state index in [9.17, 15) is 23.8 Å². The molecule has 1 unspecified atom stereocenters. The lowest BCUT2D eigenvalue weighted by molar-refractivity contribution is -0.339. The van der Waals surface area contributed by atoms with E-state index < -0.39 is 15.6 Å². The summed E-state index contributed by atoms with van der Waals surface area (Å²) in [6.45, 7) is 11.5. The highest BCUT2D eigenvalue weighted by atomic mass is 31.3. The molecule has 5 atom stereocenters. The first-order valence-corrected chi connectivity index (χ1v) is 13.9. The van der Waals surface area contributed by atoms with Crippen LogP contribution in [0.25, 0.3) is 0 Å². The molecule has 0 aliphatic heterocycles. The molecule has 7 nitrogen and oxygen atoms in total. The van der Waals surface area contributed by atoms with Crippen molar-refractivity contribution in [2.24, 2.45) is 22.7 Å². The summed E-state index contributed by atoms with van der Waals surface area (Å²) in [4.78, 5) is 33.3. The minimum atomic E-state index is -5.72. The number of benzene rings is 1. The monoisotopic (exact) mass is 469 g/mol. The Morgan fingerprint density at radius 1 is 1.00 bits per heavy atom. The predicted octanol–water partition coefficient (Wildman–Crippen LogP) is 3.74. The third-order valence-corrected chi connectivity index (χ3v) is 10.6. The molecule has 2 saturated carbocycles. The summed E-state index contributed by atoms with van der Waals surface area (Å²) in [5, 5.41) is 0. The molecule has 3 aliphatic carbocycles. The molecule has 0 radical (unpaired) electrons. The van der Waals surface area contributed by atoms with E-state index in [1.54, 1.807) is 12.1 Å². The van der Waals surface area contributed by atoms with Crippen LogP contribution in [0.15, 0.2) is 12.1 Å². The lowest BCUT2D eigenvalue weighted by Crippen LogP contribution is -2.55. The Morgan fingerprint density at radius 3 is 2.32 bits per heavy atom. The average molecular weight is 469 g/mol. The van der Waals surface area contributed by atoms with Gasteiger partial charge in [0.1, 0.15) is 5.75 Å². The van der Waals surface area contributed by atoms with Crippen LogP contribution < -0.4 is 19.2 Å². The molecule has 2 fully saturated rings.